The van der Waals surface area contributed by atoms with E-state index in [2.05, 4.69) is 26.2 Å². The standard InChI is InChI=1S/C18H16BrN3O4/c1-3-13-15(22-8-10(19)6-9(2)16(22)21-13)17(24)20-11-4-5-14(23)12(7-11)18(25)26/h4-8,23H,3H2,1-2H3,(H,20,24)(H,25,26). The Morgan fingerprint density at radius 2 is 2.04 bits per heavy atom. The third kappa shape index (κ3) is 3.15. The lowest BCUT2D eigenvalue weighted by molar-refractivity contribution is 0.0693. The molecule has 1 amide bonds. The smallest absolute Gasteiger partial charge is 0.339 e. The molecule has 3 N–H and O–H groups in total. The summed E-state index contributed by atoms with van der Waals surface area (Å²) in [6, 6.07) is 5.80. The number of nitrogens with zero attached hydrogens (tertiary/aromatic N) is 2. The van der Waals surface area contributed by atoms with Crippen LogP contribution in [-0.4, -0.2) is 31.5 Å². The second-order valence-electron chi connectivity index (χ2n) is 5.79. The maximum Gasteiger partial charge on any atom is 0.339 e. The van der Waals surface area contributed by atoms with Crippen molar-refractivity contribution >= 4 is 39.1 Å². The number of carboxylic acid groups (broad SMARTS) is 1. The van der Waals surface area contributed by atoms with E-state index in [-0.39, 0.29) is 17.0 Å². The second kappa shape index (κ2) is 6.80. The van der Waals surface area contributed by atoms with E-state index < -0.39 is 11.9 Å². The highest BCUT2D eigenvalue weighted by atomic mass is 79.9. The summed E-state index contributed by atoms with van der Waals surface area (Å²) in [4.78, 5) is 28.5. The van der Waals surface area contributed by atoms with E-state index >= 15 is 0 Å². The average Bonchev–Trinajstić information content (AvgIpc) is 2.95. The molecule has 0 unspecified atom stereocenters. The number of aryl methyl sites for hydroxylation is 2. The fourth-order valence-corrected chi connectivity index (χ4v) is 3.33. The number of carboxylic acids is 1. The molecule has 0 saturated heterocycles. The van der Waals surface area contributed by atoms with Crippen LogP contribution in [0.5, 0.6) is 5.75 Å². The quantitative estimate of drug-likeness (QED) is 0.562. The Bertz CT molecular complexity index is 1040. The highest BCUT2D eigenvalue weighted by molar-refractivity contribution is 9.10. The predicted octanol–water partition coefficient (Wildman–Crippen LogP) is 3.62. The number of aromatic hydroxyl groups is 1. The summed E-state index contributed by atoms with van der Waals surface area (Å²) in [7, 11) is 0. The molecule has 26 heavy (non-hydrogen) atoms. The van der Waals surface area contributed by atoms with Crippen LogP contribution in [0.4, 0.5) is 5.69 Å². The van der Waals surface area contributed by atoms with Crippen molar-refractivity contribution in [3.8, 4) is 5.75 Å². The number of nitrogens with one attached hydrogen (secondary N) is 1. The second-order valence-corrected chi connectivity index (χ2v) is 6.70. The lowest BCUT2D eigenvalue weighted by atomic mass is 10.1. The summed E-state index contributed by atoms with van der Waals surface area (Å²) in [5.74, 6) is -2.05. The Kier molecular flexibility index (Phi) is 4.69. The first kappa shape index (κ1) is 17.9. The zero-order chi connectivity index (χ0) is 19.0. The molecule has 0 spiro atoms. The van der Waals surface area contributed by atoms with Gasteiger partial charge in [-0.1, -0.05) is 6.92 Å². The third-order valence-corrected chi connectivity index (χ3v) is 4.41. The van der Waals surface area contributed by atoms with Crippen LogP contribution in [0.2, 0.25) is 0 Å². The minimum atomic E-state index is -1.28. The number of benzene rings is 1. The number of carbonyl (C=O) groups excluding carboxylic acids is 1. The van der Waals surface area contributed by atoms with Crippen molar-refractivity contribution in [3.05, 3.63) is 57.4 Å². The molecule has 0 fully saturated rings. The summed E-state index contributed by atoms with van der Waals surface area (Å²) >= 11 is 3.42. The molecular formula is C18H16BrN3O4. The van der Waals surface area contributed by atoms with Gasteiger partial charge in [0.15, 0.2) is 0 Å². The monoisotopic (exact) mass is 417 g/mol. The van der Waals surface area contributed by atoms with Gasteiger partial charge in [-0.15, -0.1) is 0 Å². The summed E-state index contributed by atoms with van der Waals surface area (Å²) in [6.07, 6.45) is 2.33. The van der Waals surface area contributed by atoms with Crippen molar-refractivity contribution < 1.29 is 19.8 Å². The number of pyridine rings is 1. The molecule has 7 nitrogen and oxygen atoms in total. The Hall–Kier alpha value is -2.87. The highest BCUT2D eigenvalue weighted by Gasteiger charge is 2.20. The number of amides is 1. The van der Waals surface area contributed by atoms with Gasteiger partial charge < -0.3 is 15.5 Å². The van der Waals surface area contributed by atoms with Crippen LogP contribution in [0.25, 0.3) is 5.65 Å². The van der Waals surface area contributed by atoms with Crippen molar-refractivity contribution in [3.63, 3.8) is 0 Å². The van der Waals surface area contributed by atoms with Crippen LogP contribution in [0.3, 0.4) is 0 Å². The van der Waals surface area contributed by atoms with Crippen molar-refractivity contribution in [2.75, 3.05) is 5.32 Å². The zero-order valence-electron chi connectivity index (χ0n) is 14.1. The van der Waals surface area contributed by atoms with Crippen LogP contribution in [-0.2, 0) is 6.42 Å². The topological polar surface area (TPSA) is 104 Å². The number of imidazole rings is 1. The number of aromatic nitrogens is 2. The maximum atomic E-state index is 12.9. The molecule has 2 heterocycles. The van der Waals surface area contributed by atoms with Gasteiger partial charge in [0.25, 0.3) is 5.91 Å². The van der Waals surface area contributed by atoms with Crippen LogP contribution in [0.1, 0.15) is 39.0 Å². The zero-order valence-corrected chi connectivity index (χ0v) is 15.7. The molecular weight excluding hydrogens is 402 g/mol. The first-order valence-corrected chi connectivity index (χ1v) is 8.65. The highest BCUT2D eigenvalue weighted by Crippen LogP contribution is 2.24. The summed E-state index contributed by atoms with van der Waals surface area (Å²) in [5.41, 5.74) is 2.63. The molecule has 0 bridgehead atoms. The van der Waals surface area contributed by atoms with Gasteiger partial charge in [0.2, 0.25) is 0 Å². The molecule has 3 aromatic rings. The van der Waals surface area contributed by atoms with Gasteiger partial charge in [-0.2, -0.15) is 0 Å². The number of halogens is 1. The molecule has 1 aromatic carbocycles. The van der Waals surface area contributed by atoms with Gasteiger partial charge in [0, 0.05) is 16.4 Å². The van der Waals surface area contributed by atoms with Gasteiger partial charge >= 0.3 is 5.97 Å². The van der Waals surface area contributed by atoms with Crippen molar-refractivity contribution in [2.24, 2.45) is 0 Å². The van der Waals surface area contributed by atoms with Gasteiger partial charge in [-0.3, -0.25) is 9.20 Å². The number of anilines is 1. The third-order valence-electron chi connectivity index (χ3n) is 3.98. The SMILES string of the molecule is CCc1nc2c(C)cc(Br)cn2c1C(=O)Nc1ccc(O)c(C(=O)O)c1. The molecule has 0 saturated carbocycles. The number of hydrogen-bond acceptors (Lipinski definition) is 4. The van der Waals surface area contributed by atoms with Gasteiger partial charge in [0.1, 0.15) is 22.7 Å². The van der Waals surface area contributed by atoms with Crippen molar-refractivity contribution in [1.82, 2.24) is 9.38 Å². The number of aromatic carboxylic acids is 1. The molecule has 8 heteroatoms. The van der Waals surface area contributed by atoms with E-state index in [1.54, 1.807) is 10.6 Å². The van der Waals surface area contributed by atoms with E-state index in [1.165, 1.54) is 18.2 Å². The van der Waals surface area contributed by atoms with E-state index in [4.69, 9.17) is 5.11 Å². The van der Waals surface area contributed by atoms with E-state index in [0.717, 1.165) is 10.0 Å². The Balaban J connectivity index is 2.06. The first-order valence-electron chi connectivity index (χ1n) is 7.86. The van der Waals surface area contributed by atoms with Crippen LogP contribution in [0.15, 0.2) is 34.9 Å². The number of hydrogen-bond donors (Lipinski definition) is 3. The Morgan fingerprint density at radius 1 is 1.31 bits per heavy atom. The van der Waals surface area contributed by atoms with E-state index in [9.17, 15) is 14.7 Å². The average molecular weight is 418 g/mol. The van der Waals surface area contributed by atoms with E-state index in [0.29, 0.717) is 23.5 Å². The van der Waals surface area contributed by atoms with E-state index in [1.807, 2.05) is 19.9 Å². The Labute approximate surface area is 157 Å². The van der Waals surface area contributed by atoms with Crippen LogP contribution in [0, 0.1) is 6.92 Å². The fourth-order valence-electron chi connectivity index (χ4n) is 2.78. The molecule has 0 radical (unpaired) electrons. The summed E-state index contributed by atoms with van der Waals surface area (Å²) in [5, 5.41) is 21.4. The molecule has 0 aliphatic heterocycles. The van der Waals surface area contributed by atoms with Crippen molar-refractivity contribution in [2.45, 2.75) is 20.3 Å². The predicted molar refractivity (Wildman–Crippen MR) is 100 cm³/mol. The number of phenols is 1. The van der Waals surface area contributed by atoms with Gasteiger partial charge in [-0.25, -0.2) is 9.78 Å². The van der Waals surface area contributed by atoms with Crippen LogP contribution >= 0.6 is 15.9 Å². The largest absolute Gasteiger partial charge is 0.507 e. The molecule has 134 valence electrons. The molecule has 2 aromatic heterocycles. The van der Waals surface area contributed by atoms with Gasteiger partial charge in [-0.05, 0) is 59.1 Å². The normalized spacial score (nSPS) is 10.9. The van der Waals surface area contributed by atoms with Crippen molar-refractivity contribution in [1.29, 1.82) is 0 Å². The lowest BCUT2D eigenvalue weighted by Gasteiger charge is -2.09. The molecule has 0 aliphatic carbocycles. The van der Waals surface area contributed by atoms with Crippen LogP contribution < -0.4 is 5.32 Å². The first-order chi connectivity index (χ1) is 12.3. The molecule has 0 aliphatic rings. The maximum absolute atomic E-state index is 12.9. The number of carbonyl (C=O) groups is 2. The lowest BCUT2D eigenvalue weighted by Crippen LogP contribution is -2.16. The fraction of sp³-hybridized carbons (Fsp3) is 0.167. The molecule has 3 rings (SSSR count). The Morgan fingerprint density at radius 3 is 2.69 bits per heavy atom. The summed E-state index contributed by atoms with van der Waals surface area (Å²) < 4.78 is 2.53. The van der Waals surface area contributed by atoms with Gasteiger partial charge in [0.05, 0.1) is 5.69 Å². The minimum Gasteiger partial charge on any atom is -0.507 e. The number of fused-ring (bicyclic) bond motifs is 1. The summed E-state index contributed by atoms with van der Waals surface area (Å²) in [6.45, 7) is 3.82. The molecule has 0 atom stereocenters. The minimum absolute atomic E-state index is 0.272. The number of rotatable bonds is 4.